The van der Waals surface area contributed by atoms with E-state index >= 15 is 0 Å². The van der Waals surface area contributed by atoms with Gasteiger partial charge in [0.15, 0.2) is 11.6 Å². The first kappa shape index (κ1) is 12.6. The minimum absolute atomic E-state index is 0.259. The lowest BCUT2D eigenvalue weighted by Gasteiger charge is -2.07. The van der Waals surface area contributed by atoms with Crippen LogP contribution < -0.4 is 10.1 Å². The number of rotatable bonds is 5. The largest absolute Gasteiger partial charge is 0.494 e. The van der Waals surface area contributed by atoms with Crippen molar-refractivity contribution in [2.45, 2.75) is 13.1 Å². The third-order valence-electron chi connectivity index (χ3n) is 2.66. The molecule has 5 heteroatoms. The fourth-order valence-electron chi connectivity index (χ4n) is 1.80. The van der Waals surface area contributed by atoms with Crippen LogP contribution in [0.2, 0.25) is 0 Å². The molecule has 0 unspecified atom stereocenters. The second kappa shape index (κ2) is 5.64. The van der Waals surface area contributed by atoms with Crippen molar-refractivity contribution in [1.82, 2.24) is 15.1 Å². The highest BCUT2D eigenvalue weighted by molar-refractivity contribution is 5.31. The monoisotopic (exact) mass is 249 g/mol. The zero-order valence-corrected chi connectivity index (χ0v) is 10.5. The van der Waals surface area contributed by atoms with Crippen molar-refractivity contribution in [1.29, 1.82) is 0 Å². The van der Waals surface area contributed by atoms with Crippen LogP contribution in [0.15, 0.2) is 30.6 Å². The van der Waals surface area contributed by atoms with Crippen LogP contribution in [0.5, 0.6) is 5.75 Å². The normalized spacial score (nSPS) is 10.6. The number of nitrogens with one attached hydrogen (secondary N) is 1. The molecular weight excluding hydrogens is 233 g/mol. The van der Waals surface area contributed by atoms with Gasteiger partial charge in [-0.2, -0.15) is 5.10 Å². The molecule has 0 amide bonds. The van der Waals surface area contributed by atoms with E-state index in [-0.39, 0.29) is 11.6 Å². The second-order valence-electron chi connectivity index (χ2n) is 4.01. The Bertz CT molecular complexity index is 525. The summed E-state index contributed by atoms with van der Waals surface area (Å²) in [6, 6.07) is 5.11. The number of halogens is 1. The number of hydrogen-bond acceptors (Lipinski definition) is 3. The van der Waals surface area contributed by atoms with E-state index in [0.29, 0.717) is 12.1 Å². The molecular formula is C13H16FN3O. The zero-order chi connectivity index (χ0) is 13.0. The average Bonchev–Trinajstić information content (AvgIpc) is 2.80. The summed E-state index contributed by atoms with van der Waals surface area (Å²) in [5, 5.41) is 7.24. The molecule has 2 aromatic rings. The highest BCUT2D eigenvalue weighted by atomic mass is 19.1. The predicted octanol–water partition coefficient (Wildman–Crippen LogP) is 1.80. The molecule has 18 heavy (non-hydrogen) atoms. The average molecular weight is 249 g/mol. The molecule has 0 atom stereocenters. The molecule has 0 radical (unpaired) electrons. The second-order valence-corrected chi connectivity index (χ2v) is 4.01. The topological polar surface area (TPSA) is 39.1 Å². The van der Waals surface area contributed by atoms with Gasteiger partial charge in [-0.3, -0.25) is 4.68 Å². The molecule has 0 bridgehead atoms. The van der Waals surface area contributed by atoms with E-state index in [9.17, 15) is 4.39 Å². The molecule has 0 fully saturated rings. The number of hydrogen-bond donors (Lipinski definition) is 1. The number of nitrogens with zero attached hydrogens (tertiary/aromatic N) is 2. The first-order valence-corrected chi connectivity index (χ1v) is 5.72. The summed E-state index contributed by atoms with van der Waals surface area (Å²) in [6.07, 6.45) is 3.67. The number of aromatic nitrogens is 2. The molecule has 0 aliphatic carbocycles. The van der Waals surface area contributed by atoms with Crippen molar-refractivity contribution in [2.24, 2.45) is 0 Å². The van der Waals surface area contributed by atoms with E-state index in [4.69, 9.17) is 4.74 Å². The molecule has 1 aromatic heterocycles. The van der Waals surface area contributed by atoms with Gasteiger partial charge in [-0.1, -0.05) is 12.1 Å². The smallest absolute Gasteiger partial charge is 0.170 e. The van der Waals surface area contributed by atoms with E-state index in [1.54, 1.807) is 29.1 Å². The molecule has 4 nitrogen and oxygen atoms in total. The summed E-state index contributed by atoms with van der Waals surface area (Å²) in [6.45, 7) is 1.15. The quantitative estimate of drug-likeness (QED) is 0.878. The van der Waals surface area contributed by atoms with E-state index in [1.165, 1.54) is 7.11 Å². The van der Waals surface area contributed by atoms with Crippen LogP contribution in [0.3, 0.4) is 0 Å². The summed E-state index contributed by atoms with van der Waals surface area (Å²) in [4.78, 5) is 0. The molecule has 0 saturated heterocycles. The van der Waals surface area contributed by atoms with Crippen molar-refractivity contribution in [3.63, 3.8) is 0 Å². The SMILES string of the molecule is CNCc1cnn(Cc2cccc(OC)c2F)c1. The summed E-state index contributed by atoms with van der Waals surface area (Å²) in [7, 11) is 3.33. The Balaban J connectivity index is 2.17. The molecule has 0 saturated carbocycles. The van der Waals surface area contributed by atoms with Crippen molar-refractivity contribution in [3.8, 4) is 5.75 Å². The van der Waals surface area contributed by atoms with Gasteiger partial charge >= 0.3 is 0 Å². The van der Waals surface area contributed by atoms with Crippen molar-refractivity contribution < 1.29 is 9.13 Å². The number of methoxy groups -OCH3 is 1. The third-order valence-corrected chi connectivity index (χ3v) is 2.66. The Hall–Kier alpha value is -1.88. The van der Waals surface area contributed by atoms with Gasteiger partial charge in [0.05, 0.1) is 19.9 Å². The zero-order valence-electron chi connectivity index (χ0n) is 10.5. The van der Waals surface area contributed by atoms with Crippen molar-refractivity contribution in [2.75, 3.05) is 14.2 Å². The van der Waals surface area contributed by atoms with Gasteiger partial charge in [0, 0.05) is 23.9 Å². The summed E-state index contributed by atoms with van der Waals surface area (Å²) < 4.78 is 20.6. The molecule has 0 spiro atoms. The fourth-order valence-corrected chi connectivity index (χ4v) is 1.80. The maximum Gasteiger partial charge on any atom is 0.170 e. The minimum atomic E-state index is -0.328. The maximum absolute atomic E-state index is 13.9. The van der Waals surface area contributed by atoms with Gasteiger partial charge in [-0.15, -0.1) is 0 Å². The molecule has 0 aliphatic heterocycles. The van der Waals surface area contributed by atoms with Crippen molar-refractivity contribution >= 4 is 0 Å². The van der Waals surface area contributed by atoms with Gasteiger partial charge in [-0.05, 0) is 13.1 Å². The van der Waals surface area contributed by atoms with Crippen LogP contribution in [0.25, 0.3) is 0 Å². The lowest BCUT2D eigenvalue weighted by Crippen LogP contribution is -2.05. The van der Waals surface area contributed by atoms with Crippen LogP contribution in [0.1, 0.15) is 11.1 Å². The van der Waals surface area contributed by atoms with Gasteiger partial charge < -0.3 is 10.1 Å². The first-order chi connectivity index (χ1) is 8.74. The van der Waals surface area contributed by atoms with Crippen LogP contribution in [-0.2, 0) is 13.1 Å². The van der Waals surface area contributed by atoms with Crippen LogP contribution in [-0.4, -0.2) is 23.9 Å². The Morgan fingerprint density at radius 2 is 2.28 bits per heavy atom. The molecule has 0 aliphatic rings. The molecule has 2 rings (SSSR count). The fraction of sp³-hybridized carbons (Fsp3) is 0.308. The summed E-state index contributed by atoms with van der Waals surface area (Å²) in [5.74, 6) is -0.0687. The van der Waals surface area contributed by atoms with E-state index in [1.807, 2.05) is 13.2 Å². The predicted molar refractivity (Wildman–Crippen MR) is 67.0 cm³/mol. The Labute approximate surface area is 105 Å². The van der Waals surface area contributed by atoms with Gasteiger partial charge in [0.1, 0.15) is 0 Å². The standard InChI is InChI=1S/C13H16FN3O/c1-15-6-10-7-16-17(8-10)9-11-4-3-5-12(18-2)13(11)14/h3-5,7-8,15H,6,9H2,1-2H3. The minimum Gasteiger partial charge on any atom is -0.494 e. The first-order valence-electron chi connectivity index (χ1n) is 5.72. The molecule has 1 heterocycles. The van der Waals surface area contributed by atoms with E-state index in [0.717, 1.165) is 12.1 Å². The number of benzene rings is 1. The highest BCUT2D eigenvalue weighted by Gasteiger charge is 2.09. The van der Waals surface area contributed by atoms with Crippen LogP contribution in [0.4, 0.5) is 4.39 Å². The lowest BCUT2D eigenvalue weighted by molar-refractivity contribution is 0.383. The van der Waals surface area contributed by atoms with Gasteiger partial charge in [-0.25, -0.2) is 4.39 Å². The van der Waals surface area contributed by atoms with E-state index in [2.05, 4.69) is 10.4 Å². The van der Waals surface area contributed by atoms with Gasteiger partial charge in [0.25, 0.3) is 0 Å². The molecule has 1 N–H and O–H groups in total. The van der Waals surface area contributed by atoms with Crippen LogP contribution >= 0.6 is 0 Å². The number of ether oxygens (including phenoxy) is 1. The Kier molecular flexibility index (Phi) is 3.94. The molecule has 96 valence electrons. The summed E-state index contributed by atoms with van der Waals surface area (Å²) in [5.41, 5.74) is 1.63. The lowest BCUT2D eigenvalue weighted by atomic mass is 10.2. The highest BCUT2D eigenvalue weighted by Crippen LogP contribution is 2.20. The van der Waals surface area contributed by atoms with Crippen LogP contribution in [0, 0.1) is 5.82 Å². The van der Waals surface area contributed by atoms with Gasteiger partial charge in [0.2, 0.25) is 0 Å². The Morgan fingerprint density at radius 1 is 1.44 bits per heavy atom. The third kappa shape index (κ3) is 2.68. The molecule has 1 aromatic carbocycles. The summed E-state index contributed by atoms with van der Waals surface area (Å²) >= 11 is 0. The van der Waals surface area contributed by atoms with E-state index < -0.39 is 0 Å². The maximum atomic E-state index is 13.9. The Morgan fingerprint density at radius 3 is 3.00 bits per heavy atom. The van der Waals surface area contributed by atoms with Crippen molar-refractivity contribution in [3.05, 3.63) is 47.5 Å².